The van der Waals surface area contributed by atoms with Crippen molar-refractivity contribution < 1.29 is 14.3 Å². The molecule has 0 aliphatic rings. The number of methoxy groups -OCH3 is 1. The lowest BCUT2D eigenvalue weighted by molar-refractivity contribution is 0.107. The van der Waals surface area contributed by atoms with Gasteiger partial charge in [-0.25, -0.2) is 0 Å². The van der Waals surface area contributed by atoms with Crippen molar-refractivity contribution in [1.29, 1.82) is 0 Å². The van der Waals surface area contributed by atoms with E-state index in [0.717, 1.165) is 0 Å². The standard InChI is InChI=1S/C10H11ClO3/c1-3-14-9-7(10(11)12)5-4-6-8(9)13-2/h4-6H,3H2,1-2H3. The van der Waals surface area contributed by atoms with Gasteiger partial charge in [0.25, 0.3) is 5.24 Å². The molecular weight excluding hydrogens is 204 g/mol. The van der Waals surface area contributed by atoms with Crippen molar-refractivity contribution in [2.45, 2.75) is 6.92 Å². The van der Waals surface area contributed by atoms with Crippen LogP contribution in [-0.4, -0.2) is 19.0 Å². The van der Waals surface area contributed by atoms with E-state index in [1.54, 1.807) is 18.2 Å². The van der Waals surface area contributed by atoms with Gasteiger partial charge >= 0.3 is 0 Å². The first-order valence-corrected chi connectivity index (χ1v) is 4.58. The van der Waals surface area contributed by atoms with Crippen LogP contribution in [0.4, 0.5) is 0 Å². The summed E-state index contributed by atoms with van der Waals surface area (Å²) in [6, 6.07) is 5.01. The molecule has 14 heavy (non-hydrogen) atoms. The van der Waals surface area contributed by atoms with Gasteiger partial charge in [-0.15, -0.1) is 0 Å². The number of rotatable bonds is 4. The second-order valence-electron chi connectivity index (χ2n) is 2.54. The van der Waals surface area contributed by atoms with Crippen molar-refractivity contribution >= 4 is 16.8 Å². The summed E-state index contributed by atoms with van der Waals surface area (Å²) in [6.07, 6.45) is 0. The zero-order valence-corrected chi connectivity index (χ0v) is 8.80. The summed E-state index contributed by atoms with van der Waals surface area (Å²) in [5, 5.41) is -0.549. The minimum absolute atomic E-state index is 0.327. The average Bonchev–Trinajstić information content (AvgIpc) is 2.18. The van der Waals surface area contributed by atoms with Crippen LogP contribution >= 0.6 is 11.6 Å². The van der Waals surface area contributed by atoms with Gasteiger partial charge in [0, 0.05) is 0 Å². The molecule has 0 atom stereocenters. The molecule has 0 aliphatic carbocycles. The topological polar surface area (TPSA) is 35.5 Å². The second kappa shape index (κ2) is 4.86. The molecule has 76 valence electrons. The molecule has 0 saturated carbocycles. The molecule has 0 aliphatic heterocycles. The van der Waals surface area contributed by atoms with Crippen LogP contribution in [0.5, 0.6) is 11.5 Å². The van der Waals surface area contributed by atoms with E-state index in [2.05, 4.69) is 0 Å². The number of carbonyl (C=O) groups is 1. The number of para-hydroxylation sites is 1. The van der Waals surface area contributed by atoms with Gasteiger partial charge in [0.05, 0.1) is 19.3 Å². The van der Waals surface area contributed by atoms with Crippen molar-refractivity contribution in [3.8, 4) is 11.5 Å². The molecule has 1 aromatic carbocycles. The third-order valence-electron chi connectivity index (χ3n) is 1.70. The lowest BCUT2D eigenvalue weighted by Crippen LogP contribution is -2.01. The molecule has 4 heteroatoms. The van der Waals surface area contributed by atoms with Crippen LogP contribution in [0.25, 0.3) is 0 Å². The van der Waals surface area contributed by atoms with Gasteiger partial charge in [0.2, 0.25) is 0 Å². The third-order valence-corrected chi connectivity index (χ3v) is 1.90. The first kappa shape index (κ1) is 10.9. The smallest absolute Gasteiger partial charge is 0.256 e. The van der Waals surface area contributed by atoms with Crippen molar-refractivity contribution in [3.05, 3.63) is 23.8 Å². The number of hydrogen-bond acceptors (Lipinski definition) is 3. The van der Waals surface area contributed by atoms with Crippen LogP contribution in [0.15, 0.2) is 18.2 Å². The molecule has 0 bridgehead atoms. The van der Waals surface area contributed by atoms with Crippen LogP contribution in [0.3, 0.4) is 0 Å². The fourth-order valence-electron chi connectivity index (χ4n) is 1.12. The van der Waals surface area contributed by atoms with E-state index in [-0.39, 0.29) is 0 Å². The number of benzene rings is 1. The zero-order chi connectivity index (χ0) is 10.6. The van der Waals surface area contributed by atoms with Gasteiger partial charge in [-0.2, -0.15) is 0 Å². The van der Waals surface area contributed by atoms with Crippen molar-refractivity contribution in [3.63, 3.8) is 0 Å². The van der Waals surface area contributed by atoms with Crippen LogP contribution in [0.2, 0.25) is 0 Å². The highest BCUT2D eigenvalue weighted by molar-refractivity contribution is 6.68. The third kappa shape index (κ3) is 2.17. The highest BCUT2D eigenvalue weighted by Gasteiger charge is 2.14. The molecule has 1 aromatic rings. The molecule has 0 saturated heterocycles. The highest BCUT2D eigenvalue weighted by Crippen LogP contribution is 2.31. The predicted octanol–water partition coefficient (Wildman–Crippen LogP) is 2.47. The molecule has 0 amide bonds. The molecule has 1 rings (SSSR count). The Morgan fingerprint density at radius 1 is 1.50 bits per heavy atom. The summed E-state index contributed by atoms with van der Waals surface area (Å²) in [5.41, 5.74) is 0.327. The number of halogens is 1. The van der Waals surface area contributed by atoms with E-state index in [4.69, 9.17) is 21.1 Å². The summed E-state index contributed by atoms with van der Waals surface area (Å²) >= 11 is 5.40. The lowest BCUT2D eigenvalue weighted by atomic mass is 10.2. The molecule has 0 radical (unpaired) electrons. The Morgan fingerprint density at radius 3 is 2.71 bits per heavy atom. The largest absolute Gasteiger partial charge is 0.493 e. The van der Waals surface area contributed by atoms with Gasteiger partial charge in [-0.05, 0) is 30.7 Å². The van der Waals surface area contributed by atoms with Crippen LogP contribution in [-0.2, 0) is 0 Å². The van der Waals surface area contributed by atoms with Gasteiger partial charge < -0.3 is 9.47 Å². The Hall–Kier alpha value is -1.22. The van der Waals surface area contributed by atoms with Crippen molar-refractivity contribution in [2.75, 3.05) is 13.7 Å². The van der Waals surface area contributed by atoms with Crippen molar-refractivity contribution in [1.82, 2.24) is 0 Å². The Bertz CT molecular complexity index is 336. The fourth-order valence-corrected chi connectivity index (χ4v) is 1.27. The van der Waals surface area contributed by atoms with Crippen LogP contribution < -0.4 is 9.47 Å². The Balaban J connectivity index is 3.20. The van der Waals surface area contributed by atoms with E-state index in [1.165, 1.54) is 7.11 Å². The Kier molecular flexibility index (Phi) is 3.77. The Morgan fingerprint density at radius 2 is 2.21 bits per heavy atom. The maximum Gasteiger partial charge on any atom is 0.256 e. The maximum atomic E-state index is 11.0. The summed E-state index contributed by atoms with van der Waals surface area (Å²) in [7, 11) is 1.51. The molecule has 0 unspecified atom stereocenters. The normalized spacial score (nSPS) is 9.64. The lowest BCUT2D eigenvalue weighted by Gasteiger charge is -2.11. The maximum absolute atomic E-state index is 11.0. The summed E-state index contributed by atoms with van der Waals surface area (Å²) in [5.74, 6) is 0.913. The van der Waals surface area contributed by atoms with Crippen LogP contribution in [0, 0.1) is 0 Å². The molecular formula is C10H11ClO3. The van der Waals surface area contributed by atoms with E-state index in [9.17, 15) is 4.79 Å². The first-order chi connectivity index (χ1) is 6.70. The van der Waals surface area contributed by atoms with Crippen molar-refractivity contribution in [2.24, 2.45) is 0 Å². The number of carbonyl (C=O) groups excluding carboxylic acids is 1. The van der Waals surface area contributed by atoms with E-state index in [1.807, 2.05) is 6.92 Å². The summed E-state index contributed by atoms with van der Waals surface area (Å²) in [4.78, 5) is 11.0. The first-order valence-electron chi connectivity index (χ1n) is 4.20. The minimum atomic E-state index is -0.549. The molecule has 0 aromatic heterocycles. The highest BCUT2D eigenvalue weighted by atomic mass is 35.5. The fraction of sp³-hybridized carbons (Fsp3) is 0.300. The molecule has 3 nitrogen and oxygen atoms in total. The van der Waals surface area contributed by atoms with E-state index >= 15 is 0 Å². The summed E-state index contributed by atoms with van der Waals surface area (Å²) in [6.45, 7) is 2.28. The SMILES string of the molecule is CCOc1c(OC)cccc1C(=O)Cl. The van der Waals surface area contributed by atoms with Gasteiger partial charge in [0.15, 0.2) is 11.5 Å². The zero-order valence-electron chi connectivity index (χ0n) is 8.04. The monoisotopic (exact) mass is 214 g/mol. The van der Waals surface area contributed by atoms with Gasteiger partial charge in [-0.3, -0.25) is 4.79 Å². The number of hydrogen-bond donors (Lipinski definition) is 0. The minimum Gasteiger partial charge on any atom is -0.493 e. The van der Waals surface area contributed by atoms with E-state index in [0.29, 0.717) is 23.7 Å². The summed E-state index contributed by atoms with van der Waals surface area (Å²) < 4.78 is 10.3. The molecule has 0 spiro atoms. The van der Waals surface area contributed by atoms with E-state index < -0.39 is 5.24 Å². The van der Waals surface area contributed by atoms with Gasteiger partial charge in [0.1, 0.15) is 0 Å². The molecule has 0 fully saturated rings. The average molecular weight is 215 g/mol. The number of ether oxygens (including phenoxy) is 2. The Labute approximate surface area is 87.6 Å². The molecule has 0 N–H and O–H groups in total. The predicted molar refractivity (Wildman–Crippen MR) is 54.3 cm³/mol. The second-order valence-corrected chi connectivity index (χ2v) is 2.89. The molecule has 0 heterocycles. The van der Waals surface area contributed by atoms with Crippen LogP contribution in [0.1, 0.15) is 17.3 Å². The van der Waals surface area contributed by atoms with Gasteiger partial charge in [-0.1, -0.05) is 6.07 Å². The quantitative estimate of drug-likeness (QED) is 0.723.